The first-order valence-corrected chi connectivity index (χ1v) is 6.22. The van der Waals surface area contributed by atoms with Crippen molar-refractivity contribution in [3.8, 4) is 11.1 Å². The topological polar surface area (TPSA) is 0 Å². The molecule has 0 saturated heterocycles. The van der Waals surface area contributed by atoms with Gasteiger partial charge in [-0.1, -0.05) is 37.3 Å². The van der Waals surface area contributed by atoms with Gasteiger partial charge in [-0.25, -0.2) is 0 Å². The fraction of sp³-hybridized carbons (Fsp3) is 0.333. The van der Waals surface area contributed by atoms with Crippen molar-refractivity contribution in [1.82, 2.24) is 0 Å². The number of rotatable bonds is 2. The quantitative estimate of drug-likeness (QED) is 0.656. The third kappa shape index (κ3) is 1.94. The zero-order valence-electron chi connectivity index (χ0n) is 10.0. The Bertz CT molecular complexity index is 473. The SMILES string of the molecule is Cc1ccc(C(C)CCl)cc2c(C)ccc1-2. The summed E-state index contributed by atoms with van der Waals surface area (Å²) in [6.07, 6.45) is 0. The molecule has 0 amide bonds. The normalized spacial score (nSPS) is 13.0. The van der Waals surface area contributed by atoms with Gasteiger partial charge in [0.1, 0.15) is 0 Å². The van der Waals surface area contributed by atoms with Crippen LogP contribution in [0.3, 0.4) is 0 Å². The van der Waals surface area contributed by atoms with Gasteiger partial charge >= 0.3 is 0 Å². The smallest absolute Gasteiger partial charge is 0.0289 e. The van der Waals surface area contributed by atoms with Crippen molar-refractivity contribution in [1.29, 1.82) is 0 Å². The maximum Gasteiger partial charge on any atom is 0.0289 e. The number of halogens is 1. The molecule has 0 aromatic carbocycles. The molecule has 0 bridgehead atoms. The Morgan fingerprint density at radius 3 is 2.31 bits per heavy atom. The molecule has 1 heteroatoms. The summed E-state index contributed by atoms with van der Waals surface area (Å²) in [5.74, 6) is 1.08. The van der Waals surface area contributed by atoms with E-state index in [9.17, 15) is 0 Å². The van der Waals surface area contributed by atoms with Crippen molar-refractivity contribution < 1.29 is 0 Å². The van der Waals surface area contributed by atoms with E-state index >= 15 is 0 Å². The average molecular weight is 233 g/mol. The first-order chi connectivity index (χ1) is 7.63. The summed E-state index contributed by atoms with van der Waals surface area (Å²) in [5, 5.41) is 0. The Balaban J connectivity index is 2.63. The van der Waals surface area contributed by atoms with Crippen LogP contribution in [-0.2, 0) is 0 Å². The van der Waals surface area contributed by atoms with Crippen LogP contribution >= 0.6 is 11.6 Å². The first-order valence-electron chi connectivity index (χ1n) is 5.69. The summed E-state index contributed by atoms with van der Waals surface area (Å²) in [6, 6.07) is 11.1. The van der Waals surface area contributed by atoms with E-state index in [1.54, 1.807) is 0 Å². The van der Waals surface area contributed by atoms with E-state index in [-0.39, 0.29) is 0 Å². The number of fused-ring (bicyclic) bond motifs is 1. The fourth-order valence-electron chi connectivity index (χ4n) is 2.06. The van der Waals surface area contributed by atoms with Crippen molar-refractivity contribution in [2.45, 2.75) is 26.7 Å². The van der Waals surface area contributed by atoms with E-state index in [0.717, 1.165) is 0 Å². The van der Waals surface area contributed by atoms with Crippen molar-refractivity contribution in [3.63, 3.8) is 0 Å². The monoisotopic (exact) mass is 232 g/mol. The second-order valence-corrected chi connectivity index (χ2v) is 4.87. The minimum atomic E-state index is 0.408. The van der Waals surface area contributed by atoms with Crippen molar-refractivity contribution in [2.75, 3.05) is 5.88 Å². The lowest BCUT2D eigenvalue weighted by Crippen LogP contribution is -1.92. The highest BCUT2D eigenvalue weighted by Crippen LogP contribution is 2.32. The molecule has 0 aromatic heterocycles. The average Bonchev–Trinajstić information content (AvgIpc) is 2.55. The van der Waals surface area contributed by atoms with Gasteiger partial charge in [-0.2, -0.15) is 0 Å². The van der Waals surface area contributed by atoms with Gasteiger partial charge < -0.3 is 0 Å². The van der Waals surface area contributed by atoms with Crippen LogP contribution in [0.1, 0.15) is 29.5 Å². The molecule has 0 spiro atoms. The highest BCUT2D eigenvalue weighted by Gasteiger charge is 2.11. The summed E-state index contributed by atoms with van der Waals surface area (Å²) in [6.45, 7) is 6.50. The third-order valence-electron chi connectivity index (χ3n) is 3.28. The molecule has 1 atom stereocenters. The van der Waals surface area contributed by atoms with Gasteiger partial charge in [0.15, 0.2) is 0 Å². The zero-order valence-corrected chi connectivity index (χ0v) is 10.8. The largest absolute Gasteiger partial charge is 0.126 e. The van der Waals surface area contributed by atoms with Crippen molar-refractivity contribution >= 4 is 11.6 Å². The molecule has 0 fully saturated rings. The molecule has 0 heterocycles. The van der Waals surface area contributed by atoms with Gasteiger partial charge in [-0.05, 0) is 47.6 Å². The Morgan fingerprint density at radius 1 is 1.00 bits per heavy atom. The predicted molar refractivity (Wildman–Crippen MR) is 71.7 cm³/mol. The maximum atomic E-state index is 5.93. The zero-order chi connectivity index (χ0) is 11.7. The van der Waals surface area contributed by atoms with Crippen LogP contribution in [-0.4, -0.2) is 5.88 Å². The Hall–Kier alpha value is -1.01. The third-order valence-corrected chi connectivity index (χ3v) is 3.74. The number of aryl methyl sites for hydroxylation is 2. The molecule has 1 unspecified atom stereocenters. The molecular formula is C15H17Cl. The summed E-state index contributed by atoms with van der Waals surface area (Å²) in [4.78, 5) is 0. The van der Waals surface area contributed by atoms with Crippen molar-refractivity contribution in [2.24, 2.45) is 0 Å². The van der Waals surface area contributed by atoms with Gasteiger partial charge in [-0.15, -0.1) is 11.6 Å². The maximum absolute atomic E-state index is 5.93. The van der Waals surface area contributed by atoms with Crippen molar-refractivity contribution in [3.05, 3.63) is 47.0 Å². The summed E-state index contributed by atoms with van der Waals surface area (Å²) in [5.41, 5.74) is 6.70. The molecule has 84 valence electrons. The van der Waals surface area contributed by atoms with E-state index in [0.29, 0.717) is 11.8 Å². The highest BCUT2D eigenvalue weighted by atomic mass is 35.5. The van der Waals surface area contributed by atoms with Gasteiger partial charge in [0.25, 0.3) is 0 Å². The molecule has 16 heavy (non-hydrogen) atoms. The fourth-order valence-corrected chi connectivity index (χ4v) is 2.24. The van der Waals surface area contributed by atoms with E-state index < -0.39 is 0 Å². The first kappa shape index (κ1) is 11.5. The Labute approximate surface area is 103 Å². The van der Waals surface area contributed by atoms with E-state index in [1.165, 1.54) is 27.8 Å². The summed E-state index contributed by atoms with van der Waals surface area (Å²) >= 11 is 5.93. The lowest BCUT2D eigenvalue weighted by molar-refractivity contribution is 0.877. The van der Waals surface area contributed by atoms with E-state index in [4.69, 9.17) is 11.6 Å². The number of hydrogen-bond donors (Lipinski definition) is 0. The lowest BCUT2D eigenvalue weighted by atomic mass is 10.0. The van der Waals surface area contributed by atoms with Gasteiger partial charge in [-0.3, -0.25) is 0 Å². The molecule has 0 aromatic rings. The molecule has 0 saturated carbocycles. The van der Waals surface area contributed by atoms with Crippen LogP contribution in [0.2, 0.25) is 0 Å². The van der Waals surface area contributed by atoms with Gasteiger partial charge in [0.05, 0.1) is 0 Å². The van der Waals surface area contributed by atoms with Crippen LogP contribution in [0.15, 0.2) is 30.3 Å². The predicted octanol–water partition coefficient (Wildman–Crippen LogP) is 4.75. The molecule has 2 aliphatic carbocycles. The van der Waals surface area contributed by atoms with Crippen LogP contribution in [0.5, 0.6) is 0 Å². The molecule has 2 aliphatic rings. The Morgan fingerprint density at radius 2 is 1.62 bits per heavy atom. The second kappa shape index (κ2) is 4.47. The van der Waals surface area contributed by atoms with Gasteiger partial charge in [0.2, 0.25) is 0 Å². The Kier molecular flexibility index (Phi) is 3.20. The van der Waals surface area contributed by atoms with Crippen LogP contribution in [0.25, 0.3) is 11.1 Å². The van der Waals surface area contributed by atoms with E-state index in [1.807, 2.05) is 0 Å². The number of hydrogen-bond acceptors (Lipinski definition) is 0. The minimum absolute atomic E-state index is 0.408. The molecular weight excluding hydrogens is 216 g/mol. The summed E-state index contributed by atoms with van der Waals surface area (Å²) < 4.78 is 0. The number of alkyl halides is 1. The molecule has 0 nitrogen and oxygen atoms in total. The van der Waals surface area contributed by atoms with E-state index in [2.05, 4.69) is 51.1 Å². The highest BCUT2D eigenvalue weighted by molar-refractivity contribution is 6.18. The lowest BCUT2D eigenvalue weighted by Gasteiger charge is -2.06. The van der Waals surface area contributed by atoms with Crippen LogP contribution in [0, 0.1) is 13.8 Å². The minimum Gasteiger partial charge on any atom is -0.126 e. The van der Waals surface area contributed by atoms with Gasteiger partial charge in [0, 0.05) is 5.88 Å². The van der Waals surface area contributed by atoms with Crippen LogP contribution in [0.4, 0.5) is 0 Å². The molecule has 2 rings (SSSR count). The summed E-state index contributed by atoms with van der Waals surface area (Å²) in [7, 11) is 0. The molecule has 0 radical (unpaired) electrons. The standard InChI is InChI=1S/C15H17Cl/c1-10-4-6-13(12(3)9-16)8-15-11(2)5-7-14(10)15/h4-8,12H,9H2,1-3H3. The molecule has 0 N–H and O–H groups in total. The molecule has 0 aliphatic heterocycles. The second-order valence-electron chi connectivity index (χ2n) is 4.56. The van der Waals surface area contributed by atoms with Crippen LogP contribution < -0.4 is 0 Å².